The van der Waals surface area contributed by atoms with Gasteiger partial charge in [-0.15, -0.1) is 0 Å². The number of rotatable bonds is 4. The zero-order valence-corrected chi connectivity index (χ0v) is 15.0. The molecule has 2 fully saturated rings. The topological polar surface area (TPSA) is 65.4 Å². The molecule has 134 valence electrons. The van der Waals surface area contributed by atoms with Crippen LogP contribution >= 0.6 is 0 Å². The van der Waals surface area contributed by atoms with E-state index in [4.69, 9.17) is 9.47 Å². The van der Waals surface area contributed by atoms with Crippen molar-refractivity contribution in [1.29, 1.82) is 0 Å². The Balaban J connectivity index is 1.73. The molecule has 0 radical (unpaired) electrons. The first-order valence-corrected chi connectivity index (χ1v) is 9.12. The molecule has 2 atom stereocenters. The van der Waals surface area contributed by atoms with E-state index in [0.29, 0.717) is 11.8 Å². The van der Waals surface area contributed by atoms with Crippen LogP contribution in [0.2, 0.25) is 0 Å². The van der Waals surface area contributed by atoms with Gasteiger partial charge >= 0.3 is 0 Å². The van der Waals surface area contributed by atoms with Crippen LogP contribution in [0.3, 0.4) is 0 Å². The lowest BCUT2D eigenvalue weighted by molar-refractivity contribution is -0.0259. The molecule has 24 heavy (non-hydrogen) atoms. The van der Waals surface area contributed by atoms with Crippen LogP contribution in [0.25, 0.3) is 0 Å². The average molecular weight is 335 g/mol. The van der Waals surface area contributed by atoms with E-state index in [9.17, 15) is 4.79 Å². The minimum atomic E-state index is 0.00802. The number of aromatic nitrogens is 2. The largest absolute Gasteiger partial charge is 0.381 e. The smallest absolute Gasteiger partial charge is 0.255 e. The van der Waals surface area contributed by atoms with Crippen molar-refractivity contribution in [3.8, 4) is 0 Å². The molecule has 3 heterocycles. The van der Waals surface area contributed by atoms with Crippen LogP contribution in [0.5, 0.6) is 0 Å². The third-order valence-electron chi connectivity index (χ3n) is 5.50. The predicted molar refractivity (Wildman–Crippen MR) is 91.1 cm³/mol. The van der Waals surface area contributed by atoms with Crippen molar-refractivity contribution < 1.29 is 14.3 Å². The van der Waals surface area contributed by atoms with E-state index < -0.39 is 0 Å². The van der Waals surface area contributed by atoms with Gasteiger partial charge in [-0.25, -0.2) is 0 Å². The summed E-state index contributed by atoms with van der Waals surface area (Å²) in [6.07, 6.45) is 3.01. The highest BCUT2D eigenvalue weighted by Gasteiger charge is 2.35. The molecular weight excluding hydrogens is 306 g/mol. The maximum Gasteiger partial charge on any atom is 0.255 e. The van der Waals surface area contributed by atoms with Gasteiger partial charge in [-0.1, -0.05) is 0 Å². The highest BCUT2D eigenvalue weighted by molar-refractivity contribution is 5.96. The van der Waals surface area contributed by atoms with Gasteiger partial charge in [0.1, 0.15) is 0 Å². The van der Waals surface area contributed by atoms with Crippen molar-refractivity contribution in [2.75, 3.05) is 26.4 Å². The Bertz CT molecular complexity index is 578. The number of hydrogen-bond acceptors (Lipinski definition) is 4. The number of carbonyl (C=O) groups excluding carboxylic acids is 1. The van der Waals surface area contributed by atoms with E-state index in [1.165, 1.54) is 0 Å². The molecule has 1 aromatic rings. The minimum absolute atomic E-state index is 0.00802. The van der Waals surface area contributed by atoms with E-state index in [1.807, 2.05) is 25.5 Å². The molecule has 6 heteroatoms. The average Bonchev–Trinajstić information content (AvgIpc) is 2.90. The van der Waals surface area contributed by atoms with Crippen LogP contribution in [0.1, 0.15) is 47.9 Å². The quantitative estimate of drug-likeness (QED) is 0.915. The Kier molecular flexibility index (Phi) is 5.56. The van der Waals surface area contributed by atoms with Crippen molar-refractivity contribution in [2.24, 2.45) is 11.8 Å². The molecular formula is C18H29N3O3. The first-order chi connectivity index (χ1) is 11.6. The van der Waals surface area contributed by atoms with Crippen LogP contribution in [0, 0.1) is 25.7 Å². The molecule has 3 rings (SSSR count). The van der Waals surface area contributed by atoms with E-state index >= 15 is 0 Å². The lowest BCUT2D eigenvalue weighted by Gasteiger charge is -2.39. The van der Waals surface area contributed by atoms with Crippen LogP contribution < -0.4 is 5.32 Å². The van der Waals surface area contributed by atoms with Gasteiger partial charge in [0.25, 0.3) is 5.91 Å². The van der Waals surface area contributed by atoms with Crippen molar-refractivity contribution in [1.82, 2.24) is 15.1 Å². The molecule has 0 unspecified atom stereocenters. The maximum atomic E-state index is 12.9. The van der Waals surface area contributed by atoms with E-state index in [-0.39, 0.29) is 11.9 Å². The van der Waals surface area contributed by atoms with Crippen molar-refractivity contribution in [3.63, 3.8) is 0 Å². The first kappa shape index (κ1) is 17.4. The number of aryl methyl sites for hydroxylation is 2. The normalized spacial score (nSPS) is 25.6. The molecule has 2 aliphatic rings. The van der Waals surface area contributed by atoms with Gasteiger partial charge < -0.3 is 14.8 Å². The Hall–Kier alpha value is -1.40. The molecule has 0 saturated carbocycles. The SMILES string of the molecule is CCn1nc(C)c(C(=O)N[C@H]2CCOC[C@H]2C2CCOCC2)c1C. The van der Waals surface area contributed by atoms with Crippen molar-refractivity contribution >= 4 is 5.91 Å². The molecule has 1 amide bonds. The molecule has 1 aromatic heterocycles. The molecule has 0 spiro atoms. The fourth-order valence-electron chi connectivity index (χ4n) is 4.12. The van der Waals surface area contributed by atoms with Gasteiger partial charge in [-0.2, -0.15) is 5.10 Å². The standard InChI is InChI=1S/C18H29N3O3/c1-4-21-13(3)17(12(2)20-21)18(22)19-16-7-10-24-11-15(16)14-5-8-23-9-6-14/h14-16H,4-11H2,1-3H3,(H,19,22)/t15-,16-/m0/s1. The first-order valence-electron chi connectivity index (χ1n) is 9.12. The zero-order chi connectivity index (χ0) is 17.1. The van der Waals surface area contributed by atoms with E-state index in [1.54, 1.807) is 0 Å². The number of nitrogens with zero attached hydrogens (tertiary/aromatic N) is 2. The maximum absolute atomic E-state index is 12.9. The van der Waals surface area contributed by atoms with Gasteiger partial charge in [-0.05, 0) is 46.0 Å². The Morgan fingerprint density at radius 3 is 2.58 bits per heavy atom. The third kappa shape index (κ3) is 3.49. The van der Waals surface area contributed by atoms with Crippen LogP contribution in [0.15, 0.2) is 0 Å². The molecule has 1 N–H and O–H groups in total. The molecule has 0 aromatic carbocycles. The van der Waals surface area contributed by atoms with Crippen LogP contribution in [-0.4, -0.2) is 48.2 Å². The second kappa shape index (κ2) is 7.66. The summed E-state index contributed by atoms with van der Waals surface area (Å²) in [5, 5.41) is 7.75. The summed E-state index contributed by atoms with van der Waals surface area (Å²) in [6, 6.07) is 0.179. The number of nitrogens with one attached hydrogen (secondary N) is 1. The summed E-state index contributed by atoms with van der Waals surface area (Å²) < 4.78 is 13.1. The number of ether oxygens (including phenoxy) is 2. The van der Waals surface area contributed by atoms with Crippen molar-refractivity contribution in [3.05, 3.63) is 17.0 Å². The molecule has 0 aliphatic carbocycles. The predicted octanol–water partition coefficient (Wildman–Crippen LogP) is 2.08. The molecule has 2 aliphatic heterocycles. The summed E-state index contributed by atoms with van der Waals surface area (Å²) in [7, 11) is 0. The summed E-state index contributed by atoms with van der Waals surface area (Å²) in [6.45, 7) is 9.81. The number of carbonyl (C=O) groups is 1. The van der Waals surface area contributed by atoms with E-state index in [0.717, 1.165) is 69.2 Å². The third-order valence-corrected chi connectivity index (χ3v) is 5.50. The van der Waals surface area contributed by atoms with Gasteiger partial charge in [0.05, 0.1) is 17.9 Å². The second-order valence-electron chi connectivity index (χ2n) is 6.92. The number of amides is 1. The lowest BCUT2D eigenvalue weighted by atomic mass is 9.79. The highest BCUT2D eigenvalue weighted by atomic mass is 16.5. The Morgan fingerprint density at radius 1 is 1.21 bits per heavy atom. The second-order valence-corrected chi connectivity index (χ2v) is 6.92. The lowest BCUT2D eigenvalue weighted by Crippen LogP contribution is -2.49. The van der Waals surface area contributed by atoms with Gasteiger partial charge in [0.2, 0.25) is 0 Å². The summed E-state index contributed by atoms with van der Waals surface area (Å²) in [5.74, 6) is 0.965. The van der Waals surface area contributed by atoms with Crippen LogP contribution in [-0.2, 0) is 16.0 Å². The molecule has 0 bridgehead atoms. The fourth-order valence-corrected chi connectivity index (χ4v) is 4.12. The monoisotopic (exact) mass is 335 g/mol. The van der Waals surface area contributed by atoms with Crippen molar-refractivity contribution in [2.45, 2.75) is 52.6 Å². The Labute approximate surface area is 143 Å². The van der Waals surface area contributed by atoms with E-state index in [2.05, 4.69) is 10.4 Å². The molecule has 2 saturated heterocycles. The summed E-state index contributed by atoms with van der Waals surface area (Å²) in [4.78, 5) is 12.9. The van der Waals surface area contributed by atoms with Gasteiger partial charge in [-0.3, -0.25) is 9.48 Å². The van der Waals surface area contributed by atoms with Crippen LogP contribution in [0.4, 0.5) is 0 Å². The zero-order valence-electron chi connectivity index (χ0n) is 15.0. The summed E-state index contributed by atoms with van der Waals surface area (Å²) >= 11 is 0. The highest BCUT2D eigenvalue weighted by Crippen LogP contribution is 2.30. The molecule has 6 nitrogen and oxygen atoms in total. The van der Waals surface area contributed by atoms with Gasteiger partial charge in [0, 0.05) is 44.0 Å². The number of hydrogen-bond donors (Lipinski definition) is 1. The van der Waals surface area contributed by atoms with Gasteiger partial charge in [0.15, 0.2) is 0 Å². The minimum Gasteiger partial charge on any atom is -0.381 e. The summed E-state index contributed by atoms with van der Waals surface area (Å²) in [5.41, 5.74) is 2.48. The fraction of sp³-hybridized carbons (Fsp3) is 0.778. The Morgan fingerprint density at radius 2 is 1.92 bits per heavy atom.